The van der Waals surface area contributed by atoms with E-state index in [0.29, 0.717) is 0 Å². The van der Waals surface area contributed by atoms with E-state index in [0.717, 1.165) is 0 Å². The summed E-state index contributed by atoms with van der Waals surface area (Å²) in [4.78, 5) is 45.7. The molecule has 120 valence electrons. The summed E-state index contributed by atoms with van der Waals surface area (Å²) in [5.41, 5.74) is 0. The summed E-state index contributed by atoms with van der Waals surface area (Å²) in [7, 11) is 1.22. The van der Waals surface area contributed by atoms with Crippen LogP contribution in [-0.4, -0.2) is 60.2 Å². The summed E-state index contributed by atoms with van der Waals surface area (Å²) in [5, 5.41) is 3.13. The summed E-state index contributed by atoms with van der Waals surface area (Å²) in [6.07, 6.45) is -1.34. The van der Waals surface area contributed by atoms with Crippen LogP contribution in [-0.2, 0) is 23.9 Å². The van der Waals surface area contributed by atoms with Crippen molar-refractivity contribution in [3.63, 3.8) is 0 Å². The van der Waals surface area contributed by atoms with Crippen LogP contribution in [0.5, 0.6) is 0 Å². The smallest absolute Gasteiger partial charge is 0.216 e. The van der Waals surface area contributed by atoms with E-state index < -0.39 is 28.2 Å². The van der Waals surface area contributed by atoms with Gasteiger partial charge in [0.25, 0.3) is 0 Å². The number of methoxy groups -OCH3 is 1. The van der Waals surface area contributed by atoms with Crippen LogP contribution in [0.2, 0.25) is 0 Å². The molecule has 0 bridgehead atoms. The summed E-state index contributed by atoms with van der Waals surface area (Å²) in [6.45, 7) is 2.60. The first-order chi connectivity index (χ1) is 9.70. The predicted molar refractivity (Wildman–Crippen MR) is 83.7 cm³/mol. The number of rotatable bonds is 9. The van der Waals surface area contributed by atoms with Gasteiger partial charge in [0.2, 0.25) is 11.8 Å². The van der Waals surface area contributed by atoms with Gasteiger partial charge in [-0.2, -0.15) is 25.3 Å². The van der Waals surface area contributed by atoms with Crippen molar-refractivity contribution < 1.29 is 23.9 Å². The Balaban J connectivity index is 4.65. The highest BCUT2D eigenvalue weighted by Gasteiger charge is 2.33. The third-order valence-corrected chi connectivity index (χ3v) is 3.37. The van der Waals surface area contributed by atoms with Gasteiger partial charge in [-0.15, -0.1) is 0 Å². The van der Waals surface area contributed by atoms with Gasteiger partial charge in [-0.3, -0.25) is 19.2 Å². The molecule has 0 saturated heterocycles. The third kappa shape index (κ3) is 7.49. The Morgan fingerprint density at radius 2 is 1.24 bits per heavy atom. The second-order valence-electron chi connectivity index (χ2n) is 4.33. The first-order valence-electron chi connectivity index (χ1n) is 6.16. The van der Waals surface area contributed by atoms with Crippen molar-refractivity contribution in [1.82, 2.24) is 10.6 Å². The molecular weight excluding hydrogens is 316 g/mol. The van der Waals surface area contributed by atoms with E-state index in [4.69, 9.17) is 4.74 Å². The topological polar surface area (TPSA) is 102 Å². The van der Waals surface area contributed by atoms with E-state index >= 15 is 0 Å². The van der Waals surface area contributed by atoms with Gasteiger partial charge >= 0.3 is 0 Å². The summed E-state index contributed by atoms with van der Waals surface area (Å²) in [5.74, 6) is -1.75. The zero-order valence-corrected chi connectivity index (χ0v) is 13.9. The number of ketones is 2. The number of carbonyl (C=O) groups excluding carboxylic acids is 4. The summed E-state index contributed by atoms with van der Waals surface area (Å²) in [6, 6.07) is 0. The Morgan fingerprint density at radius 1 is 0.905 bits per heavy atom. The Hall–Kier alpha value is -1.06. The number of Topliss-reactive ketones (excluding diaryl/α,β-unsaturated/α-hetero) is 2. The van der Waals surface area contributed by atoms with Crippen LogP contribution < -0.4 is 10.6 Å². The average Bonchev–Trinajstić information content (AvgIpc) is 2.42. The van der Waals surface area contributed by atoms with Crippen LogP contribution in [0.25, 0.3) is 0 Å². The zero-order valence-electron chi connectivity index (χ0n) is 12.1. The van der Waals surface area contributed by atoms with Crippen LogP contribution in [0.1, 0.15) is 13.8 Å². The SMILES string of the molecule is COC(C(=O)C(S)CNC(C)=O)C(=O)C(S)CNC(C)=O. The lowest BCUT2D eigenvalue weighted by Gasteiger charge is -2.20. The summed E-state index contributed by atoms with van der Waals surface area (Å²) >= 11 is 8.10. The van der Waals surface area contributed by atoms with E-state index in [-0.39, 0.29) is 24.9 Å². The van der Waals surface area contributed by atoms with Crippen molar-refractivity contribution >= 4 is 48.6 Å². The second kappa shape index (κ2) is 9.80. The van der Waals surface area contributed by atoms with Gasteiger partial charge in [0.05, 0.1) is 10.5 Å². The highest BCUT2D eigenvalue weighted by atomic mass is 32.1. The van der Waals surface area contributed by atoms with Crippen LogP contribution >= 0.6 is 25.3 Å². The third-order valence-electron chi connectivity index (χ3n) is 2.50. The summed E-state index contributed by atoms with van der Waals surface area (Å²) < 4.78 is 4.91. The van der Waals surface area contributed by atoms with Crippen molar-refractivity contribution in [1.29, 1.82) is 0 Å². The molecule has 0 radical (unpaired) electrons. The minimum Gasteiger partial charge on any atom is -0.366 e. The number of hydrogen-bond donors (Lipinski definition) is 4. The van der Waals surface area contributed by atoms with Gasteiger partial charge in [0.1, 0.15) is 0 Å². The fourth-order valence-electron chi connectivity index (χ4n) is 1.40. The number of nitrogens with one attached hydrogen (secondary N) is 2. The van der Waals surface area contributed by atoms with Crippen LogP contribution in [0.15, 0.2) is 0 Å². The van der Waals surface area contributed by atoms with E-state index in [1.54, 1.807) is 0 Å². The van der Waals surface area contributed by atoms with Gasteiger partial charge in [-0.25, -0.2) is 0 Å². The molecule has 0 aromatic heterocycles. The Bertz CT molecular complexity index is 380. The molecule has 0 aliphatic rings. The molecule has 0 aromatic rings. The standard InChI is InChI=1S/C12H20N2O5S2/c1-6(15)13-4-8(20)10(17)12(19-3)11(18)9(21)5-14-7(2)16/h8-9,12,20-21H,4-5H2,1-3H3,(H,13,15)(H,14,16). The number of hydrogen-bond acceptors (Lipinski definition) is 7. The lowest BCUT2D eigenvalue weighted by Crippen LogP contribution is -2.46. The molecule has 0 fully saturated rings. The van der Waals surface area contributed by atoms with E-state index in [1.165, 1.54) is 21.0 Å². The highest BCUT2D eigenvalue weighted by Crippen LogP contribution is 2.09. The molecule has 2 unspecified atom stereocenters. The van der Waals surface area contributed by atoms with E-state index in [2.05, 4.69) is 35.9 Å². The molecule has 0 aromatic carbocycles. The number of amides is 2. The van der Waals surface area contributed by atoms with Crippen LogP contribution in [0.3, 0.4) is 0 Å². The van der Waals surface area contributed by atoms with Crippen molar-refractivity contribution in [3.05, 3.63) is 0 Å². The van der Waals surface area contributed by atoms with Gasteiger partial charge < -0.3 is 15.4 Å². The minimum absolute atomic E-state index is 0.00660. The molecule has 0 aliphatic carbocycles. The fraction of sp³-hybridized carbons (Fsp3) is 0.667. The van der Waals surface area contributed by atoms with Crippen molar-refractivity contribution in [2.24, 2.45) is 0 Å². The van der Waals surface area contributed by atoms with Crippen molar-refractivity contribution in [2.45, 2.75) is 30.5 Å². The lowest BCUT2D eigenvalue weighted by molar-refractivity contribution is -0.139. The quantitative estimate of drug-likeness (QED) is 0.320. The monoisotopic (exact) mass is 336 g/mol. The molecule has 0 aliphatic heterocycles. The molecule has 0 heterocycles. The Labute approximate surface area is 134 Å². The van der Waals surface area contributed by atoms with Crippen LogP contribution in [0.4, 0.5) is 0 Å². The highest BCUT2D eigenvalue weighted by molar-refractivity contribution is 7.82. The number of ether oxygens (including phenoxy) is 1. The maximum atomic E-state index is 12.1. The van der Waals surface area contributed by atoms with Crippen molar-refractivity contribution in [3.8, 4) is 0 Å². The first kappa shape index (κ1) is 19.9. The Kier molecular flexibility index (Phi) is 9.31. The lowest BCUT2D eigenvalue weighted by atomic mass is 10.0. The van der Waals surface area contributed by atoms with Gasteiger partial charge in [0.15, 0.2) is 17.7 Å². The molecule has 0 saturated carbocycles. The van der Waals surface area contributed by atoms with Gasteiger partial charge in [-0.1, -0.05) is 0 Å². The zero-order chi connectivity index (χ0) is 16.6. The molecule has 2 atom stereocenters. The molecule has 0 rings (SSSR count). The predicted octanol–water partition coefficient (Wildman–Crippen LogP) is -0.991. The maximum absolute atomic E-state index is 12.1. The number of thiol groups is 2. The molecule has 21 heavy (non-hydrogen) atoms. The minimum atomic E-state index is -1.34. The first-order valence-corrected chi connectivity index (χ1v) is 7.19. The molecule has 2 N–H and O–H groups in total. The fourth-order valence-corrected chi connectivity index (χ4v) is 1.86. The normalized spacial score (nSPS) is 14.7. The van der Waals surface area contributed by atoms with Crippen molar-refractivity contribution in [2.75, 3.05) is 20.2 Å². The van der Waals surface area contributed by atoms with E-state index in [1.807, 2.05) is 0 Å². The average molecular weight is 336 g/mol. The second-order valence-corrected chi connectivity index (χ2v) is 5.57. The van der Waals surface area contributed by atoms with Gasteiger partial charge in [0, 0.05) is 34.0 Å². The molecule has 7 nitrogen and oxygen atoms in total. The van der Waals surface area contributed by atoms with Gasteiger partial charge in [-0.05, 0) is 0 Å². The van der Waals surface area contributed by atoms with Crippen LogP contribution in [0, 0.1) is 0 Å². The largest absolute Gasteiger partial charge is 0.366 e. The maximum Gasteiger partial charge on any atom is 0.216 e. The molecule has 0 spiro atoms. The molecular formula is C12H20N2O5S2. The Morgan fingerprint density at radius 3 is 1.48 bits per heavy atom. The molecule has 2 amide bonds. The van der Waals surface area contributed by atoms with E-state index in [9.17, 15) is 19.2 Å². The number of carbonyl (C=O) groups is 4. The molecule has 9 heteroatoms.